The maximum Gasteiger partial charge on any atom is 0.322 e. The van der Waals surface area contributed by atoms with Gasteiger partial charge in [-0.25, -0.2) is 9.07 Å². The van der Waals surface area contributed by atoms with Gasteiger partial charge < -0.3 is 9.47 Å². The number of hydrogen-bond donors (Lipinski definition) is 0. The lowest BCUT2D eigenvalue weighted by atomic mass is 9.92. The van der Waals surface area contributed by atoms with E-state index in [9.17, 15) is 14.0 Å². The van der Waals surface area contributed by atoms with E-state index in [0.717, 1.165) is 0 Å². The van der Waals surface area contributed by atoms with Crippen molar-refractivity contribution < 1.29 is 23.5 Å². The molecule has 0 radical (unpaired) electrons. The van der Waals surface area contributed by atoms with Gasteiger partial charge in [0.1, 0.15) is 11.9 Å². The van der Waals surface area contributed by atoms with E-state index in [1.54, 1.807) is 6.07 Å². The summed E-state index contributed by atoms with van der Waals surface area (Å²) in [5.74, 6) is -3.33. The predicted molar refractivity (Wildman–Crippen MR) is 71.1 cm³/mol. The Morgan fingerprint density at radius 2 is 1.95 bits per heavy atom. The third-order valence-corrected chi connectivity index (χ3v) is 3.67. The molecule has 2 aromatic rings. The number of benzene rings is 1. The largest absolute Gasteiger partial charge is 0.468 e. The average molecular weight is 305 g/mol. The summed E-state index contributed by atoms with van der Waals surface area (Å²) < 4.78 is 24.4. The van der Waals surface area contributed by atoms with Crippen molar-refractivity contribution in [3.05, 3.63) is 35.8 Å². The van der Waals surface area contributed by atoms with Gasteiger partial charge >= 0.3 is 11.9 Å². The summed E-state index contributed by atoms with van der Waals surface area (Å²) in [5, 5.41) is 7.69. The molecule has 0 N–H and O–H groups in total. The second-order valence-corrected chi connectivity index (χ2v) is 4.76. The molecular weight excluding hydrogens is 293 g/mol. The third kappa shape index (κ3) is 1.95. The standard InChI is InChI=1S/C14H12FN3O4/c1-21-13(19)11(14(20)22-2)12-9-5-7(15)3-4-8(9)10-6-16-17-18(10)12/h3-6,11-12H,1-2H3. The number of esters is 2. The Morgan fingerprint density at radius 3 is 2.59 bits per heavy atom. The number of rotatable bonds is 3. The SMILES string of the molecule is COC(=O)C(C(=O)OC)C1c2cc(F)ccc2-c2cnnn21. The molecule has 1 aliphatic rings. The molecule has 1 aliphatic heterocycles. The molecule has 0 fully saturated rings. The lowest BCUT2D eigenvalue weighted by Crippen LogP contribution is -2.35. The molecule has 7 nitrogen and oxygen atoms in total. The second kappa shape index (κ2) is 5.21. The first kappa shape index (κ1) is 14.2. The van der Waals surface area contributed by atoms with Crippen LogP contribution in [0.15, 0.2) is 24.4 Å². The quantitative estimate of drug-likeness (QED) is 0.620. The summed E-state index contributed by atoms with van der Waals surface area (Å²) in [6.07, 6.45) is 1.49. The van der Waals surface area contributed by atoms with Crippen molar-refractivity contribution in [3.63, 3.8) is 0 Å². The molecule has 114 valence electrons. The van der Waals surface area contributed by atoms with Gasteiger partial charge in [0.25, 0.3) is 0 Å². The molecule has 8 heteroatoms. The zero-order valence-corrected chi connectivity index (χ0v) is 11.8. The van der Waals surface area contributed by atoms with Crippen molar-refractivity contribution in [3.8, 4) is 11.3 Å². The highest BCUT2D eigenvalue weighted by atomic mass is 19.1. The highest BCUT2D eigenvalue weighted by molar-refractivity contribution is 5.96. The van der Waals surface area contributed by atoms with Crippen LogP contribution in [0, 0.1) is 11.7 Å². The fourth-order valence-electron chi connectivity index (χ4n) is 2.71. The van der Waals surface area contributed by atoms with Crippen LogP contribution < -0.4 is 0 Å². The van der Waals surface area contributed by atoms with Crippen molar-refractivity contribution in [2.75, 3.05) is 14.2 Å². The second-order valence-electron chi connectivity index (χ2n) is 4.76. The smallest absolute Gasteiger partial charge is 0.322 e. The molecule has 2 heterocycles. The van der Waals surface area contributed by atoms with Crippen LogP contribution in [0.5, 0.6) is 0 Å². The maximum absolute atomic E-state index is 13.6. The normalized spacial score (nSPS) is 15.4. The zero-order chi connectivity index (χ0) is 15.9. The number of hydrogen-bond acceptors (Lipinski definition) is 6. The number of halogens is 1. The lowest BCUT2D eigenvalue weighted by Gasteiger charge is -2.20. The Balaban J connectivity index is 2.19. The number of methoxy groups -OCH3 is 2. The average Bonchev–Trinajstić information content (AvgIpc) is 3.09. The van der Waals surface area contributed by atoms with Gasteiger partial charge in [-0.05, 0) is 23.8 Å². The van der Waals surface area contributed by atoms with E-state index in [0.29, 0.717) is 16.8 Å². The third-order valence-electron chi connectivity index (χ3n) is 3.67. The van der Waals surface area contributed by atoms with Gasteiger partial charge in [0.05, 0.1) is 26.1 Å². The Hall–Kier alpha value is -2.77. The maximum atomic E-state index is 13.6. The molecule has 1 aromatic heterocycles. The van der Waals surface area contributed by atoms with Crippen LogP contribution in [-0.2, 0) is 19.1 Å². The van der Waals surface area contributed by atoms with E-state index in [-0.39, 0.29) is 0 Å². The highest BCUT2D eigenvalue weighted by Gasteiger charge is 2.45. The Labute approximate surface area is 124 Å². The summed E-state index contributed by atoms with van der Waals surface area (Å²) >= 11 is 0. The van der Waals surface area contributed by atoms with Crippen LogP contribution in [-0.4, -0.2) is 41.2 Å². The van der Waals surface area contributed by atoms with Crippen LogP contribution >= 0.6 is 0 Å². The number of carbonyl (C=O) groups is 2. The minimum Gasteiger partial charge on any atom is -0.468 e. The molecule has 1 atom stereocenters. The number of ether oxygens (including phenoxy) is 2. The number of carbonyl (C=O) groups excluding carboxylic acids is 2. The fourth-order valence-corrected chi connectivity index (χ4v) is 2.71. The van der Waals surface area contributed by atoms with Gasteiger partial charge in [-0.1, -0.05) is 5.21 Å². The fraction of sp³-hybridized carbons (Fsp3) is 0.286. The van der Waals surface area contributed by atoms with Crippen molar-refractivity contribution >= 4 is 11.9 Å². The minimum atomic E-state index is -1.29. The van der Waals surface area contributed by atoms with Crippen LogP contribution in [0.1, 0.15) is 11.6 Å². The van der Waals surface area contributed by atoms with E-state index >= 15 is 0 Å². The van der Waals surface area contributed by atoms with Crippen molar-refractivity contribution in [1.29, 1.82) is 0 Å². The molecule has 0 aliphatic carbocycles. The monoisotopic (exact) mass is 305 g/mol. The van der Waals surface area contributed by atoms with Crippen LogP contribution in [0.2, 0.25) is 0 Å². The van der Waals surface area contributed by atoms with E-state index in [4.69, 9.17) is 0 Å². The minimum absolute atomic E-state index is 0.464. The summed E-state index contributed by atoms with van der Waals surface area (Å²) in [5.41, 5.74) is 1.72. The lowest BCUT2D eigenvalue weighted by molar-refractivity contribution is -0.160. The van der Waals surface area contributed by atoms with Crippen molar-refractivity contribution in [2.45, 2.75) is 6.04 Å². The number of nitrogens with zero attached hydrogens (tertiary/aromatic N) is 3. The molecule has 3 rings (SSSR count). The first-order valence-electron chi connectivity index (χ1n) is 6.44. The van der Waals surface area contributed by atoms with Gasteiger partial charge in [-0.2, -0.15) is 0 Å². The number of fused-ring (bicyclic) bond motifs is 3. The van der Waals surface area contributed by atoms with Gasteiger partial charge in [0, 0.05) is 5.56 Å². The summed E-state index contributed by atoms with van der Waals surface area (Å²) in [4.78, 5) is 24.1. The summed E-state index contributed by atoms with van der Waals surface area (Å²) in [6.45, 7) is 0. The highest BCUT2D eigenvalue weighted by Crippen LogP contribution is 2.43. The van der Waals surface area contributed by atoms with Crippen LogP contribution in [0.4, 0.5) is 4.39 Å². The van der Waals surface area contributed by atoms with Gasteiger partial charge in [-0.3, -0.25) is 9.59 Å². The predicted octanol–water partition coefficient (Wildman–Crippen LogP) is 0.949. The Morgan fingerprint density at radius 1 is 1.27 bits per heavy atom. The first-order chi connectivity index (χ1) is 10.6. The Kier molecular flexibility index (Phi) is 3.36. The van der Waals surface area contributed by atoms with Gasteiger partial charge in [0.15, 0.2) is 5.92 Å². The molecule has 0 amide bonds. The summed E-state index contributed by atoms with van der Waals surface area (Å²) in [7, 11) is 2.34. The van der Waals surface area contributed by atoms with Crippen LogP contribution in [0.3, 0.4) is 0 Å². The Bertz CT molecular complexity index is 742. The molecule has 0 saturated carbocycles. The first-order valence-corrected chi connectivity index (χ1v) is 6.44. The van der Waals surface area contributed by atoms with E-state index in [2.05, 4.69) is 19.8 Å². The topological polar surface area (TPSA) is 83.3 Å². The molecule has 0 spiro atoms. The van der Waals surface area contributed by atoms with Crippen LogP contribution in [0.25, 0.3) is 11.3 Å². The molecule has 0 saturated heterocycles. The number of aromatic nitrogens is 3. The molecule has 0 bridgehead atoms. The van der Waals surface area contributed by atoms with Gasteiger partial charge in [-0.15, -0.1) is 5.10 Å². The van der Waals surface area contributed by atoms with Crippen molar-refractivity contribution in [2.24, 2.45) is 5.92 Å². The summed E-state index contributed by atoms with van der Waals surface area (Å²) in [6, 6.07) is 3.27. The van der Waals surface area contributed by atoms with E-state index in [1.165, 1.54) is 37.2 Å². The molecule has 22 heavy (non-hydrogen) atoms. The molecular formula is C14H12FN3O4. The van der Waals surface area contributed by atoms with Crippen molar-refractivity contribution in [1.82, 2.24) is 15.0 Å². The van der Waals surface area contributed by atoms with E-state index in [1.807, 2.05) is 0 Å². The van der Waals surface area contributed by atoms with Gasteiger partial charge in [0.2, 0.25) is 0 Å². The van der Waals surface area contributed by atoms with E-state index < -0.39 is 29.7 Å². The molecule has 1 unspecified atom stereocenters. The zero-order valence-electron chi connectivity index (χ0n) is 11.8. The molecule has 1 aromatic carbocycles.